The first-order chi connectivity index (χ1) is 6.24. The smallest absolute Gasteiger partial charge is 0.110 e. The van der Waals surface area contributed by atoms with Crippen LogP contribution in [0.5, 0.6) is 0 Å². The Labute approximate surface area is 80.8 Å². The van der Waals surface area contributed by atoms with E-state index in [-0.39, 0.29) is 0 Å². The first kappa shape index (κ1) is 10.5. The van der Waals surface area contributed by atoms with E-state index in [0.717, 1.165) is 31.9 Å². The maximum absolute atomic E-state index is 5.54. The molecule has 1 aliphatic heterocycles. The van der Waals surface area contributed by atoms with Crippen LogP contribution < -0.4 is 5.32 Å². The number of nitrogens with zero attached hydrogens (tertiary/aromatic N) is 1. The molecule has 3 nitrogen and oxygen atoms in total. The molecule has 1 heterocycles. The van der Waals surface area contributed by atoms with Crippen LogP contribution in [0.1, 0.15) is 13.3 Å². The molecule has 0 aliphatic carbocycles. The summed E-state index contributed by atoms with van der Waals surface area (Å²) < 4.78 is 5.54. The van der Waals surface area contributed by atoms with Crippen molar-refractivity contribution in [2.24, 2.45) is 0 Å². The highest BCUT2D eigenvalue weighted by atomic mass is 16.5. The van der Waals surface area contributed by atoms with Crippen LogP contribution in [-0.2, 0) is 4.74 Å². The van der Waals surface area contributed by atoms with Gasteiger partial charge in [0.15, 0.2) is 0 Å². The lowest BCUT2D eigenvalue weighted by atomic mass is 10.2. The molecule has 0 fully saturated rings. The van der Waals surface area contributed by atoms with Crippen LogP contribution in [0.15, 0.2) is 11.8 Å². The number of ether oxygens (including phenoxy) is 1. The van der Waals surface area contributed by atoms with Crippen LogP contribution in [0.4, 0.5) is 0 Å². The van der Waals surface area contributed by atoms with E-state index in [9.17, 15) is 0 Å². The molecular formula is C10H20N2O. The number of rotatable bonds is 5. The van der Waals surface area contributed by atoms with Crippen molar-refractivity contribution in [2.45, 2.75) is 19.4 Å². The number of likely N-dealkylation sites (N-methyl/N-ethyl adjacent to an activating group) is 2. The molecule has 0 aromatic carbocycles. The first-order valence-corrected chi connectivity index (χ1v) is 4.95. The molecule has 13 heavy (non-hydrogen) atoms. The Hall–Kier alpha value is -0.540. The van der Waals surface area contributed by atoms with Crippen LogP contribution >= 0.6 is 0 Å². The van der Waals surface area contributed by atoms with Gasteiger partial charge in [0, 0.05) is 13.0 Å². The van der Waals surface area contributed by atoms with Crippen molar-refractivity contribution in [3.63, 3.8) is 0 Å². The molecule has 3 heteroatoms. The molecule has 0 saturated carbocycles. The molecule has 1 rings (SSSR count). The Morgan fingerprint density at radius 2 is 2.38 bits per heavy atom. The minimum atomic E-state index is 0.363. The summed E-state index contributed by atoms with van der Waals surface area (Å²) >= 11 is 0. The van der Waals surface area contributed by atoms with Gasteiger partial charge < -0.3 is 15.0 Å². The van der Waals surface area contributed by atoms with Gasteiger partial charge in [-0.25, -0.2) is 0 Å². The van der Waals surface area contributed by atoms with E-state index in [1.807, 2.05) is 0 Å². The molecule has 1 unspecified atom stereocenters. The molecule has 0 spiro atoms. The number of nitrogens with one attached hydrogen (secondary N) is 1. The van der Waals surface area contributed by atoms with Crippen molar-refractivity contribution in [1.82, 2.24) is 10.2 Å². The van der Waals surface area contributed by atoms with Crippen molar-refractivity contribution in [3.05, 3.63) is 11.8 Å². The second-order valence-electron chi connectivity index (χ2n) is 3.62. The van der Waals surface area contributed by atoms with Gasteiger partial charge in [-0.2, -0.15) is 0 Å². The molecule has 76 valence electrons. The van der Waals surface area contributed by atoms with E-state index in [4.69, 9.17) is 4.74 Å². The van der Waals surface area contributed by atoms with E-state index in [2.05, 4.69) is 37.3 Å². The molecule has 1 N–H and O–H groups in total. The van der Waals surface area contributed by atoms with E-state index in [0.29, 0.717) is 6.04 Å². The van der Waals surface area contributed by atoms with Crippen LogP contribution in [0.25, 0.3) is 0 Å². The van der Waals surface area contributed by atoms with Gasteiger partial charge in [0.25, 0.3) is 0 Å². The SMILES string of the molecule is CCNC(CN(C)C)C1=CCCO1. The number of hydrogen-bond acceptors (Lipinski definition) is 3. The lowest BCUT2D eigenvalue weighted by molar-refractivity contribution is 0.201. The van der Waals surface area contributed by atoms with Gasteiger partial charge in [0.2, 0.25) is 0 Å². The molecule has 0 bridgehead atoms. The molecular weight excluding hydrogens is 164 g/mol. The van der Waals surface area contributed by atoms with E-state index in [1.165, 1.54) is 0 Å². The fraction of sp³-hybridized carbons (Fsp3) is 0.800. The van der Waals surface area contributed by atoms with Gasteiger partial charge in [-0.3, -0.25) is 0 Å². The number of hydrogen-bond donors (Lipinski definition) is 1. The van der Waals surface area contributed by atoms with E-state index in [1.54, 1.807) is 0 Å². The third kappa shape index (κ3) is 3.36. The average Bonchev–Trinajstić information content (AvgIpc) is 2.54. The fourth-order valence-electron chi connectivity index (χ4n) is 1.55. The molecule has 1 aliphatic rings. The van der Waals surface area contributed by atoms with Gasteiger partial charge in [-0.1, -0.05) is 6.92 Å². The summed E-state index contributed by atoms with van der Waals surface area (Å²) in [6.07, 6.45) is 3.25. The lowest BCUT2D eigenvalue weighted by Crippen LogP contribution is -2.39. The minimum absolute atomic E-state index is 0.363. The minimum Gasteiger partial charge on any atom is -0.496 e. The monoisotopic (exact) mass is 184 g/mol. The zero-order valence-corrected chi connectivity index (χ0v) is 8.84. The average molecular weight is 184 g/mol. The highest BCUT2D eigenvalue weighted by Gasteiger charge is 2.17. The molecule has 0 radical (unpaired) electrons. The summed E-state index contributed by atoms with van der Waals surface area (Å²) in [5.74, 6) is 1.12. The van der Waals surface area contributed by atoms with E-state index >= 15 is 0 Å². The van der Waals surface area contributed by atoms with Crippen LogP contribution in [0.2, 0.25) is 0 Å². The second kappa shape index (κ2) is 5.25. The quantitative estimate of drug-likeness (QED) is 0.685. The van der Waals surface area contributed by atoms with Crippen molar-refractivity contribution >= 4 is 0 Å². The van der Waals surface area contributed by atoms with Crippen molar-refractivity contribution in [2.75, 3.05) is 33.8 Å². The Balaban J connectivity index is 2.45. The third-order valence-corrected chi connectivity index (χ3v) is 2.07. The molecule has 0 aromatic heterocycles. The largest absolute Gasteiger partial charge is 0.496 e. The summed E-state index contributed by atoms with van der Waals surface area (Å²) in [4.78, 5) is 2.18. The highest BCUT2D eigenvalue weighted by Crippen LogP contribution is 2.13. The molecule has 0 saturated heterocycles. The Morgan fingerprint density at radius 3 is 2.85 bits per heavy atom. The predicted molar refractivity (Wildman–Crippen MR) is 54.7 cm³/mol. The Morgan fingerprint density at radius 1 is 1.62 bits per heavy atom. The summed E-state index contributed by atoms with van der Waals surface area (Å²) in [5, 5.41) is 3.42. The van der Waals surface area contributed by atoms with Crippen molar-refractivity contribution < 1.29 is 4.74 Å². The summed E-state index contributed by atoms with van der Waals surface area (Å²) in [7, 11) is 4.17. The van der Waals surface area contributed by atoms with Crippen LogP contribution in [-0.4, -0.2) is 44.7 Å². The maximum Gasteiger partial charge on any atom is 0.110 e. The molecule has 0 amide bonds. The standard InChI is InChI=1S/C10H20N2O/c1-4-11-9(8-12(2)3)10-6-5-7-13-10/h6,9,11H,4-5,7-8H2,1-3H3. The van der Waals surface area contributed by atoms with Gasteiger partial charge in [0.05, 0.1) is 12.6 Å². The zero-order chi connectivity index (χ0) is 9.68. The first-order valence-electron chi connectivity index (χ1n) is 4.95. The maximum atomic E-state index is 5.54. The van der Waals surface area contributed by atoms with Crippen molar-refractivity contribution in [3.8, 4) is 0 Å². The Bertz CT molecular complexity index is 178. The normalized spacial score (nSPS) is 18.6. The molecule has 0 aromatic rings. The summed E-state index contributed by atoms with van der Waals surface area (Å²) in [5.41, 5.74) is 0. The third-order valence-electron chi connectivity index (χ3n) is 2.07. The van der Waals surface area contributed by atoms with E-state index < -0.39 is 0 Å². The summed E-state index contributed by atoms with van der Waals surface area (Å²) in [6.45, 7) is 4.96. The van der Waals surface area contributed by atoms with Gasteiger partial charge >= 0.3 is 0 Å². The molecule has 1 atom stereocenters. The van der Waals surface area contributed by atoms with Gasteiger partial charge in [-0.05, 0) is 26.7 Å². The Kier molecular flexibility index (Phi) is 4.25. The fourth-order valence-corrected chi connectivity index (χ4v) is 1.55. The topological polar surface area (TPSA) is 24.5 Å². The predicted octanol–water partition coefficient (Wildman–Crippen LogP) is 0.830. The summed E-state index contributed by atoms with van der Waals surface area (Å²) in [6, 6.07) is 0.363. The van der Waals surface area contributed by atoms with Crippen molar-refractivity contribution in [1.29, 1.82) is 0 Å². The van der Waals surface area contributed by atoms with Crippen LogP contribution in [0.3, 0.4) is 0 Å². The second-order valence-corrected chi connectivity index (χ2v) is 3.62. The van der Waals surface area contributed by atoms with Gasteiger partial charge in [0.1, 0.15) is 5.76 Å². The lowest BCUT2D eigenvalue weighted by Gasteiger charge is -2.22. The van der Waals surface area contributed by atoms with Crippen LogP contribution in [0, 0.1) is 0 Å². The highest BCUT2D eigenvalue weighted by molar-refractivity contribution is 5.07. The zero-order valence-electron chi connectivity index (χ0n) is 8.84. The van der Waals surface area contributed by atoms with Gasteiger partial charge in [-0.15, -0.1) is 0 Å².